The van der Waals surface area contributed by atoms with Gasteiger partial charge in [-0.15, -0.1) is 10.2 Å². The molecule has 1 saturated heterocycles. The van der Waals surface area contributed by atoms with Crippen LogP contribution in [0.5, 0.6) is 0 Å². The number of nitrogens with zero attached hydrogens (tertiary/aromatic N) is 4. The number of methoxy groups -OCH3 is 1. The van der Waals surface area contributed by atoms with Gasteiger partial charge in [0, 0.05) is 13.1 Å². The molecule has 1 aliphatic rings. The van der Waals surface area contributed by atoms with Crippen LogP contribution in [0.1, 0.15) is 29.0 Å². The Balaban J connectivity index is 1.67. The maximum Gasteiger partial charge on any atom is 0.341 e. The molecule has 0 bridgehead atoms. The van der Waals surface area contributed by atoms with Gasteiger partial charge in [-0.2, -0.15) is 0 Å². The summed E-state index contributed by atoms with van der Waals surface area (Å²) in [6, 6.07) is 9.23. The third kappa shape index (κ3) is 3.62. The van der Waals surface area contributed by atoms with E-state index in [1.54, 1.807) is 6.07 Å². The molecular formula is C19H19ClN4O3S. The van der Waals surface area contributed by atoms with Crippen molar-refractivity contribution < 1.29 is 13.9 Å². The van der Waals surface area contributed by atoms with E-state index < -0.39 is 5.97 Å². The van der Waals surface area contributed by atoms with E-state index in [1.807, 2.05) is 28.8 Å². The summed E-state index contributed by atoms with van der Waals surface area (Å²) in [6.45, 7) is 1.88. The predicted octanol–water partition coefficient (Wildman–Crippen LogP) is 4.19. The fourth-order valence-electron chi connectivity index (χ4n) is 3.20. The highest BCUT2D eigenvalue weighted by atomic mass is 35.5. The van der Waals surface area contributed by atoms with Crippen LogP contribution in [-0.2, 0) is 10.5 Å². The Kier molecular flexibility index (Phi) is 5.59. The second kappa shape index (κ2) is 8.28. The van der Waals surface area contributed by atoms with Gasteiger partial charge in [0.25, 0.3) is 0 Å². The van der Waals surface area contributed by atoms with Crippen LogP contribution in [-0.4, -0.2) is 40.9 Å². The lowest BCUT2D eigenvalue weighted by Crippen LogP contribution is -2.22. The monoisotopic (exact) mass is 418 g/mol. The first-order valence-electron chi connectivity index (χ1n) is 8.92. The lowest BCUT2D eigenvalue weighted by atomic mass is 10.3. The van der Waals surface area contributed by atoms with Crippen molar-refractivity contribution in [3.63, 3.8) is 0 Å². The second-order valence-corrected chi connectivity index (χ2v) is 7.65. The average Bonchev–Trinajstić information content (AvgIpc) is 3.45. The number of aromatic nitrogens is 3. The minimum Gasteiger partial charge on any atom is -0.468 e. The van der Waals surface area contributed by atoms with Crippen LogP contribution < -0.4 is 4.90 Å². The zero-order valence-corrected chi connectivity index (χ0v) is 16.9. The second-order valence-electron chi connectivity index (χ2n) is 6.30. The molecule has 0 amide bonds. The molecule has 3 heterocycles. The number of halogens is 1. The number of hydrogen-bond donors (Lipinski definition) is 0. The summed E-state index contributed by atoms with van der Waals surface area (Å²) in [4.78, 5) is 14.1. The number of thioether (sulfide) groups is 1. The van der Waals surface area contributed by atoms with Crippen LogP contribution in [0.3, 0.4) is 0 Å². The average molecular weight is 419 g/mol. The molecule has 9 heteroatoms. The van der Waals surface area contributed by atoms with E-state index >= 15 is 0 Å². The first-order valence-corrected chi connectivity index (χ1v) is 10.3. The van der Waals surface area contributed by atoms with E-state index in [0.717, 1.165) is 37.6 Å². The largest absolute Gasteiger partial charge is 0.468 e. The van der Waals surface area contributed by atoms with Gasteiger partial charge in [0.05, 0.1) is 29.8 Å². The Labute approximate surface area is 171 Å². The van der Waals surface area contributed by atoms with E-state index in [-0.39, 0.29) is 0 Å². The molecule has 0 unspecified atom stereocenters. The molecule has 0 N–H and O–H groups in total. The van der Waals surface area contributed by atoms with E-state index in [2.05, 4.69) is 15.1 Å². The first kappa shape index (κ1) is 18.9. The van der Waals surface area contributed by atoms with Crippen molar-refractivity contribution in [3.05, 3.63) is 52.9 Å². The van der Waals surface area contributed by atoms with Crippen molar-refractivity contribution in [2.45, 2.75) is 23.8 Å². The van der Waals surface area contributed by atoms with Gasteiger partial charge in [-0.05, 0) is 31.0 Å². The van der Waals surface area contributed by atoms with Crippen molar-refractivity contribution in [2.75, 3.05) is 25.1 Å². The van der Waals surface area contributed by atoms with E-state index in [9.17, 15) is 4.79 Å². The molecule has 146 valence electrons. The van der Waals surface area contributed by atoms with Gasteiger partial charge < -0.3 is 14.1 Å². The summed E-state index contributed by atoms with van der Waals surface area (Å²) in [7, 11) is 1.35. The molecule has 4 rings (SSSR count). The van der Waals surface area contributed by atoms with Gasteiger partial charge in [-0.25, -0.2) is 4.79 Å². The summed E-state index contributed by atoms with van der Waals surface area (Å²) < 4.78 is 12.2. The van der Waals surface area contributed by atoms with Crippen LogP contribution >= 0.6 is 23.4 Å². The highest BCUT2D eigenvalue weighted by molar-refractivity contribution is 7.98. The molecule has 28 heavy (non-hydrogen) atoms. The highest BCUT2D eigenvalue weighted by Gasteiger charge is 2.24. The first-order chi connectivity index (χ1) is 13.7. The Hall–Kier alpha value is -2.45. The maximum atomic E-state index is 11.9. The number of para-hydroxylation sites is 1. The molecule has 1 aliphatic heterocycles. The van der Waals surface area contributed by atoms with E-state index in [4.69, 9.17) is 20.8 Å². The Morgan fingerprint density at radius 1 is 1.25 bits per heavy atom. The number of ether oxygens (including phenoxy) is 1. The molecular weight excluding hydrogens is 400 g/mol. The number of rotatable bonds is 6. The zero-order valence-electron chi connectivity index (χ0n) is 15.3. The fraction of sp³-hybridized carbons (Fsp3) is 0.316. The highest BCUT2D eigenvalue weighted by Crippen LogP contribution is 2.33. The zero-order chi connectivity index (χ0) is 19.5. The van der Waals surface area contributed by atoms with Gasteiger partial charge in [0.15, 0.2) is 5.16 Å². The van der Waals surface area contributed by atoms with Gasteiger partial charge in [0.2, 0.25) is 5.95 Å². The van der Waals surface area contributed by atoms with Crippen LogP contribution in [0.2, 0.25) is 5.02 Å². The summed E-state index contributed by atoms with van der Waals surface area (Å²) in [5, 5.41) is 10.1. The summed E-state index contributed by atoms with van der Waals surface area (Å²) >= 11 is 7.90. The van der Waals surface area contributed by atoms with Crippen LogP contribution in [0.25, 0.3) is 5.69 Å². The molecule has 0 aliphatic carbocycles. The molecule has 1 fully saturated rings. The molecule has 0 saturated carbocycles. The third-order valence-electron chi connectivity index (χ3n) is 4.58. The van der Waals surface area contributed by atoms with Gasteiger partial charge in [0.1, 0.15) is 11.3 Å². The summed E-state index contributed by atoms with van der Waals surface area (Å²) in [6.07, 6.45) is 3.75. The Morgan fingerprint density at radius 3 is 2.79 bits per heavy atom. The van der Waals surface area contributed by atoms with Crippen molar-refractivity contribution >= 4 is 35.3 Å². The van der Waals surface area contributed by atoms with Crippen molar-refractivity contribution in [3.8, 4) is 5.69 Å². The molecule has 7 nitrogen and oxygen atoms in total. The normalized spacial score (nSPS) is 13.9. The SMILES string of the molecule is COC(=O)c1ccoc1CSc1nnc(N2CCCC2)n1-c1ccccc1Cl. The van der Waals surface area contributed by atoms with Gasteiger partial charge in [-0.1, -0.05) is 35.5 Å². The minimum atomic E-state index is -0.422. The van der Waals surface area contributed by atoms with Crippen LogP contribution in [0, 0.1) is 0 Å². The topological polar surface area (TPSA) is 73.4 Å². The number of hydrogen-bond acceptors (Lipinski definition) is 7. The molecule has 0 spiro atoms. The van der Waals surface area contributed by atoms with Crippen LogP contribution in [0.4, 0.5) is 5.95 Å². The van der Waals surface area contributed by atoms with E-state index in [0.29, 0.717) is 27.3 Å². The Morgan fingerprint density at radius 2 is 2.04 bits per heavy atom. The van der Waals surface area contributed by atoms with E-state index in [1.165, 1.54) is 25.1 Å². The van der Waals surface area contributed by atoms with Crippen LogP contribution in [0.15, 0.2) is 46.2 Å². The predicted molar refractivity (Wildman–Crippen MR) is 107 cm³/mol. The molecule has 3 aromatic rings. The van der Waals surface area contributed by atoms with Crippen molar-refractivity contribution in [2.24, 2.45) is 0 Å². The number of esters is 1. The fourth-order valence-corrected chi connectivity index (χ4v) is 4.31. The lowest BCUT2D eigenvalue weighted by molar-refractivity contribution is 0.0598. The molecule has 0 atom stereocenters. The quantitative estimate of drug-likeness (QED) is 0.439. The van der Waals surface area contributed by atoms with Crippen molar-refractivity contribution in [1.29, 1.82) is 0 Å². The molecule has 2 aromatic heterocycles. The number of carbonyl (C=O) groups excluding carboxylic acids is 1. The van der Waals surface area contributed by atoms with Gasteiger partial charge in [-0.3, -0.25) is 4.57 Å². The molecule has 1 aromatic carbocycles. The number of furan rings is 1. The number of carbonyl (C=O) groups is 1. The number of anilines is 1. The summed E-state index contributed by atoms with van der Waals surface area (Å²) in [5.41, 5.74) is 1.24. The minimum absolute atomic E-state index is 0.415. The smallest absolute Gasteiger partial charge is 0.341 e. The summed E-state index contributed by atoms with van der Waals surface area (Å²) in [5.74, 6) is 1.31. The molecule has 0 radical (unpaired) electrons. The standard InChI is InChI=1S/C19H19ClN4O3S/c1-26-17(25)13-8-11-27-16(13)12-28-19-22-21-18(23-9-4-5-10-23)24(19)15-7-3-2-6-14(15)20/h2-3,6-8,11H,4-5,9-10,12H2,1H3. The maximum absolute atomic E-state index is 11.9. The lowest BCUT2D eigenvalue weighted by Gasteiger charge is -2.19. The third-order valence-corrected chi connectivity index (χ3v) is 5.83. The number of benzene rings is 1. The van der Waals surface area contributed by atoms with Gasteiger partial charge >= 0.3 is 5.97 Å². The van der Waals surface area contributed by atoms with Crippen molar-refractivity contribution in [1.82, 2.24) is 14.8 Å². The Bertz CT molecular complexity index is 981.